The summed E-state index contributed by atoms with van der Waals surface area (Å²) in [6.07, 6.45) is 3.50. The summed E-state index contributed by atoms with van der Waals surface area (Å²) in [5.74, 6) is 0.634. The standard InChI is InChI=1S/C8H7NO2/c10-7-3-1-2-6-4-5-9-11-8(6)7/h1-5,9-10H. The number of nitrogens with one attached hydrogen (secondary N) is 1. The zero-order valence-electron chi connectivity index (χ0n) is 5.74. The first-order valence-electron chi connectivity index (χ1n) is 3.29. The second-order valence-electron chi connectivity index (χ2n) is 2.25. The fourth-order valence-corrected chi connectivity index (χ4v) is 1.00. The molecule has 56 valence electrons. The number of benzene rings is 1. The fraction of sp³-hybridized carbons (Fsp3) is 0. The Morgan fingerprint density at radius 3 is 3.09 bits per heavy atom. The molecule has 1 aliphatic rings. The lowest BCUT2D eigenvalue weighted by Crippen LogP contribution is -2.14. The number of hydrogen-bond donors (Lipinski definition) is 2. The van der Waals surface area contributed by atoms with Crippen LogP contribution in [0.15, 0.2) is 24.4 Å². The summed E-state index contributed by atoms with van der Waals surface area (Å²) in [6.45, 7) is 0. The van der Waals surface area contributed by atoms with E-state index in [1.807, 2.05) is 12.1 Å². The number of hydrogen-bond acceptors (Lipinski definition) is 3. The molecule has 0 spiro atoms. The Bertz CT molecular complexity index is 307. The molecule has 0 bridgehead atoms. The van der Waals surface area contributed by atoms with E-state index in [4.69, 9.17) is 4.84 Å². The molecule has 0 atom stereocenters. The summed E-state index contributed by atoms with van der Waals surface area (Å²) in [5.41, 5.74) is 3.42. The van der Waals surface area contributed by atoms with Crippen LogP contribution in [0, 0.1) is 0 Å². The van der Waals surface area contributed by atoms with Crippen LogP contribution < -0.4 is 10.3 Å². The molecule has 1 aromatic rings. The summed E-state index contributed by atoms with van der Waals surface area (Å²) < 4.78 is 0. The van der Waals surface area contributed by atoms with E-state index in [0.29, 0.717) is 5.75 Å². The van der Waals surface area contributed by atoms with Crippen molar-refractivity contribution in [2.24, 2.45) is 0 Å². The van der Waals surface area contributed by atoms with Crippen LogP contribution in [0.2, 0.25) is 0 Å². The highest BCUT2D eigenvalue weighted by atomic mass is 16.6. The van der Waals surface area contributed by atoms with Crippen LogP contribution in [0.3, 0.4) is 0 Å². The smallest absolute Gasteiger partial charge is 0.203 e. The van der Waals surface area contributed by atoms with Crippen molar-refractivity contribution >= 4 is 6.08 Å². The largest absolute Gasteiger partial charge is 0.504 e. The third kappa shape index (κ3) is 0.902. The Balaban J connectivity index is 2.60. The van der Waals surface area contributed by atoms with Gasteiger partial charge in [0.25, 0.3) is 0 Å². The minimum Gasteiger partial charge on any atom is -0.504 e. The van der Waals surface area contributed by atoms with Crippen LogP contribution in [0.5, 0.6) is 11.5 Å². The van der Waals surface area contributed by atoms with Crippen LogP contribution in [0.1, 0.15) is 5.56 Å². The molecular formula is C8H7NO2. The third-order valence-corrected chi connectivity index (χ3v) is 1.52. The molecule has 2 rings (SSSR count). The van der Waals surface area contributed by atoms with E-state index in [1.54, 1.807) is 18.3 Å². The molecule has 0 radical (unpaired) electrons. The fourth-order valence-electron chi connectivity index (χ4n) is 1.00. The molecule has 0 aliphatic carbocycles. The summed E-state index contributed by atoms with van der Waals surface area (Å²) in [5, 5.41) is 9.26. The number of phenolic OH excluding ortho intramolecular Hbond substituents is 1. The van der Waals surface area contributed by atoms with Crippen molar-refractivity contribution in [3.8, 4) is 11.5 Å². The normalized spacial score (nSPS) is 13.1. The van der Waals surface area contributed by atoms with Gasteiger partial charge < -0.3 is 9.94 Å². The van der Waals surface area contributed by atoms with Gasteiger partial charge in [0, 0.05) is 11.8 Å². The zero-order valence-corrected chi connectivity index (χ0v) is 5.74. The Kier molecular flexibility index (Phi) is 1.22. The third-order valence-electron chi connectivity index (χ3n) is 1.52. The predicted octanol–water partition coefficient (Wildman–Crippen LogP) is 1.26. The molecule has 0 fully saturated rings. The van der Waals surface area contributed by atoms with Gasteiger partial charge in [-0.1, -0.05) is 12.1 Å². The molecule has 1 aromatic carbocycles. The van der Waals surface area contributed by atoms with Gasteiger partial charge in [0.1, 0.15) is 0 Å². The molecule has 0 saturated carbocycles. The number of rotatable bonds is 0. The molecule has 1 aliphatic heterocycles. The van der Waals surface area contributed by atoms with Crippen molar-refractivity contribution in [3.63, 3.8) is 0 Å². The van der Waals surface area contributed by atoms with E-state index in [0.717, 1.165) is 5.56 Å². The summed E-state index contributed by atoms with van der Waals surface area (Å²) in [7, 11) is 0. The van der Waals surface area contributed by atoms with Gasteiger partial charge in [-0.05, 0) is 12.1 Å². The van der Waals surface area contributed by atoms with Gasteiger partial charge in [-0.25, -0.2) is 5.48 Å². The van der Waals surface area contributed by atoms with Crippen LogP contribution in [0.25, 0.3) is 6.08 Å². The average molecular weight is 149 g/mol. The predicted molar refractivity (Wildman–Crippen MR) is 40.9 cm³/mol. The van der Waals surface area contributed by atoms with E-state index in [9.17, 15) is 5.11 Å². The number of aromatic hydroxyl groups is 1. The van der Waals surface area contributed by atoms with Gasteiger partial charge in [-0.15, -0.1) is 0 Å². The van der Waals surface area contributed by atoms with Crippen molar-refractivity contribution in [2.75, 3.05) is 0 Å². The number of phenols is 1. The number of hydroxylamine groups is 1. The average Bonchev–Trinajstić information content (AvgIpc) is 2.06. The topological polar surface area (TPSA) is 41.5 Å². The van der Waals surface area contributed by atoms with Gasteiger partial charge in [-0.2, -0.15) is 0 Å². The van der Waals surface area contributed by atoms with E-state index in [-0.39, 0.29) is 5.75 Å². The minimum atomic E-state index is 0.152. The van der Waals surface area contributed by atoms with Crippen molar-refractivity contribution in [2.45, 2.75) is 0 Å². The van der Waals surface area contributed by atoms with Crippen LogP contribution in [-0.2, 0) is 0 Å². The molecule has 11 heavy (non-hydrogen) atoms. The molecule has 3 nitrogen and oxygen atoms in total. The monoisotopic (exact) mass is 149 g/mol. The quantitative estimate of drug-likeness (QED) is 0.583. The van der Waals surface area contributed by atoms with Gasteiger partial charge in [-0.3, -0.25) is 0 Å². The lowest BCUT2D eigenvalue weighted by Gasteiger charge is -2.12. The Morgan fingerprint density at radius 1 is 1.36 bits per heavy atom. The van der Waals surface area contributed by atoms with Crippen LogP contribution >= 0.6 is 0 Å². The summed E-state index contributed by atoms with van der Waals surface area (Å²) in [4.78, 5) is 4.97. The number of fused-ring (bicyclic) bond motifs is 1. The van der Waals surface area contributed by atoms with Crippen molar-refractivity contribution in [1.82, 2.24) is 5.48 Å². The molecular weight excluding hydrogens is 142 g/mol. The highest BCUT2D eigenvalue weighted by molar-refractivity contribution is 5.62. The van der Waals surface area contributed by atoms with Crippen molar-refractivity contribution < 1.29 is 9.94 Å². The van der Waals surface area contributed by atoms with E-state index >= 15 is 0 Å². The van der Waals surface area contributed by atoms with Crippen molar-refractivity contribution in [3.05, 3.63) is 30.0 Å². The van der Waals surface area contributed by atoms with Gasteiger partial charge in [0.15, 0.2) is 5.75 Å². The van der Waals surface area contributed by atoms with E-state index in [2.05, 4.69) is 5.48 Å². The highest BCUT2D eigenvalue weighted by Crippen LogP contribution is 2.31. The second-order valence-corrected chi connectivity index (χ2v) is 2.25. The molecule has 3 heteroatoms. The SMILES string of the molecule is Oc1cccc2c1ONC=C2. The maximum absolute atomic E-state index is 9.26. The van der Waals surface area contributed by atoms with Gasteiger partial charge >= 0.3 is 0 Å². The first-order chi connectivity index (χ1) is 5.38. The number of para-hydroxylation sites is 1. The van der Waals surface area contributed by atoms with Gasteiger partial charge in [0.2, 0.25) is 5.75 Å². The molecule has 0 saturated heterocycles. The first kappa shape index (κ1) is 6.09. The molecule has 0 amide bonds. The lowest BCUT2D eigenvalue weighted by atomic mass is 10.2. The first-order valence-corrected chi connectivity index (χ1v) is 3.29. The Hall–Kier alpha value is -1.64. The Morgan fingerprint density at radius 2 is 2.27 bits per heavy atom. The minimum absolute atomic E-state index is 0.152. The van der Waals surface area contributed by atoms with Crippen LogP contribution in [0.4, 0.5) is 0 Å². The maximum atomic E-state index is 9.26. The second kappa shape index (κ2) is 2.20. The molecule has 0 aromatic heterocycles. The molecule has 1 heterocycles. The van der Waals surface area contributed by atoms with Crippen LogP contribution in [-0.4, -0.2) is 5.11 Å². The van der Waals surface area contributed by atoms with Crippen molar-refractivity contribution in [1.29, 1.82) is 0 Å². The molecule has 0 unspecified atom stereocenters. The Labute approximate surface area is 63.9 Å². The van der Waals surface area contributed by atoms with E-state index in [1.165, 1.54) is 0 Å². The maximum Gasteiger partial charge on any atom is 0.203 e. The zero-order chi connectivity index (χ0) is 7.68. The summed E-state index contributed by atoms with van der Waals surface area (Å²) >= 11 is 0. The summed E-state index contributed by atoms with van der Waals surface area (Å²) in [6, 6.07) is 5.22. The highest BCUT2D eigenvalue weighted by Gasteiger charge is 2.08. The van der Waals surface area contributed by atoms with Gasteiger partial charge in [0.05, 0.1) is 0 Å². The molecule has 2 N–H and O–H groups in total. The lowest BCUT2D eigenvalue weighted by molar-refractivity contribution is 0.228. The van der Waals surface area contributed by atoms with E-state index < -0.39 is 0 Å².